The van der Waals surface area contributed by atoms with E-state index in [1.165, 1.54) is 12.1 Å². The van der Waals surface area contributed by atoms with Crippen LogP contribution in [0.15, 0.2) is 24.3 Å². The maximum absolute atomic E-state index is 13.1. The summed E-state index contributed by atoms with van der Waals surface area (Å²) < 4.78 is 13.1. The molecule has 1 aromatic rings. The third-order valence-electron chi connectivity index (χ3n) is 5.08. The minimum absolute atomic E-state index is 0.234. The zero-order valence-electron chi connectivity index (χ0n) is 12.1. The normalized spacial score (nSPS) is 22.4. The van der Waals surface area contributed by atoms with Gasteiger partial charge >= 0.3 is 0 Å². The van der Waals surface area contributed by atoms with Crippen molar-refractivity contribution in [3.05, 3.63) is 35.6 Å². The van der Waals surface area contributed by atoms with Gasteiger partial charge in [-0.15, -0.1) is 0 Å². The summed E-state index contributed by atoms with van der Waals surface area (Å²) in [5.41, 5.74) is 0.627. The van der Waals surface area contributed by atoms with E-state index in [2.05, 4.69) is 6.92 Å². The first-order chi connectivity index (χ1) is 9.62. The zero-order valence-corrected chi connectivity index (χ0v) is 12.1. The van der Waals surface area contributed by atoms with E-state index >= 15 is 0 Å². The Hall–Kier alpha value is -1.38. The summed E-state index contributed by atoms with van der Waals surface area (Å²) in [5.74, 6) is 0.756. The third kappa shape index (κ3) is 2.23. The van der Waals surface area contributed by atoms with E-state index in [9.17, 15) is 9.18 Å². The molecule has 20 heavy (non-hydrogen) atoms. The van der Waals surface area contributed by atoms with Crippen molar-refractivity contribution in [2.45, 2.75) is 44.4 Å². The van der Waals surface area contributed by atoms with Gasteiger partial charge in [0.1, 0.15) is 5.82 Å². The van der Waals surface area contributed by atoms with Crippen molar-refractivity contribution in [2.24, 2.45) is 5.92 Å². The number of nitrogens with zero attached hydrogens (tertiary/aromatic N) is 1. The molecule has 3 heteroatoms. The molecule has 0 radical (unpaired) electrons. The smallest absolute Gasteiger partial charge is 0.233 e. The van der Waals surface area contributed by atoms with Crippen molar-refractivity contribution in [1.29, 1.82) is 0 Å². The average molecular weight is 275 g/mol. The molecule has 1 aromatic carbocycles. The molecule has 0 aromatic heterocycles. The first-order valence-electron chi connectivity index (χ1n) is 7.67. The molecule has 1 saturated heterocycles. The fourth-order valence-corrected chi connectivity index (χ4v) is 3.44. The molecule has 0 atom stereocenters. The second-order valence-electron chi connectivity index (χ2n) is 6.42. The van der Waals surface area contributed by atoms with Gasteiger partial charge in [-0.05, 0) is 49.3 Å². The lowest BCUT2D eigenvalue weighted by Crippen LogP contribution is -2.52. The van der Waals surface area contributed by atoms with E-state index in [0.29, 0.717) is 0 Å². The van der Waals surface area contributed by atoms with Gasteiger partial charge in [-0.2, -0.15) is 0 Å². The minimum Gasteiger partial charge on any atom is -0.342 e. The van der Waals surface area contributed by atoms with Crippen LogP contribution in [-0.4, -0.2) is 23.9 Å². The lowest BCUT2D eigenvalue weighted by molar-refractivity contribution is -0.142. The number of likely N-dealkylation sites (tertiary alicyclic amines) is 1. The highest BCUT2D eigenvalue weighted by Crippen LogP contribution is 2.45. The van der Waals surface area contributed by atoms with Gasteiger partial charge in [0.25, 0.3) is 0 Å². The summed E-state index contributed by atoms with van der Waals surface area (Å²) in [7, 11) is 0. The SMILES string of the molecule is CC1CCN(C(=O)C2(c3ccc(F)cc3)CCC2)CC1. The van der Waals surface area contributed by atoms with Crippen LogP contribution in [0, 0.1) is 11.7 Å². The number of hydrogen-bond acceptors (Lipinski definition) is 1. The Morgan fingerprint density at radius 1 is 1.20 bits per heavy atom. The van der Waals surface area contributed by atoms with Gasteiger partial charge in [-0.1, -0.05) is 25.5 Å². The van der Waals surface area contributed by atoms with E-state index in [1.54, 1.807) is 12.1 Å². The molecule has 1 amide bonds. The first-order valence-corrected chi connectivity index (χ1v) is 7.67. The first kappa shape index (κ1) is 13.6. The Balaban J connectivity index is 1.81. The van der Waals surface area contributed by atoms with E-state index in [1.807, 2.05) is 4.90 Å². The second-order valence-corrected chi connectivity index (χ2v) is 6.42. The molecule has 3 rings (SSSR count). The van der Waals surface area contributed by atoms with Crippen molar-refractivity contribution >= 4 is 5.91 Å². The molecule has 1 aliphatic carbocycles. The Bertz CT molecular complexity index is 484. The standard InChI is InChI=1S/C17H22FNO/c1-13-7-11-19(12-8-13)16(20)17(9-2-10-17)14-3-5-15(18)6-4-14/h3-6,13H,2,7-12H2,1H3. The molecule has 1 aliphatic heterocycles. The van der Waals surface area contributed by atoms with Crippen LogP contribution in [0.1, 0.15) is 44.6 Å². The quantitative estimate of drug-likeness (QED) is 0.809. The Morgan fingerprint density at radius 3 is 2.30 bits per heavy atom. The fraction of sp³-hybridized carbons (Fsp3) is 0.588. The molecular formula is C17H22FNO. The number of carbonyl (C=O) groups excluding carboxylic acids is 1. The van der Waals surface area contributed by atoms with Gasteiger partial charge < -0.3 is 4.90 Å². The number of benzene rings is 1. The number of hydrogen-bond donors (Lipinski definition) is 0. The van der Waals surface area contributed by atoms with E-state index in [0.717, 1.165) is 56.7 Å². The van der Waals surface area contributed by atoms with Gasteiger partial charge in [0.2, 0.25) is 5.91 Å². The molecule has 108 valence electrons. The Morgan fingerprint density at radius 2 is 1.80 bits per heavy atom. The average Bonchev–Trinajstić information content (AvgIpc) is 2.40. The Labute approximate surface area is 120 Å². The van der Waals surface area contributed by atoms with Gasteiger partial charge in [-0.25, -0.2) is 4.39 Å². The molecular weight excluding hydrogens is 253 g/mol. The summed E-state index contributed by atoms with van der Waals surface area (Å²) in [6.07, 6.45) is 5.11. The van der Waals surface area contributed by atoms with Crippen LogP contribution in [0.3, 0.4) is 0 Å². The minimum atomic E-state index is -0.367. The van der Waals surface area contributed by atoms with Crippen LogP contribution in [-0.2, 0) is 10.2 Å². The molecule has 0 bridgehead atoms. The van der Waals surface area contributed by atoms with Crippen molar-refractivity contribution in [3.8, 4) is 0 Å². The molecule has 0 unspecified atom stereocenters. The highest BCUT2D eigenvalue weighted by Gasteiger charge is 2.47. The summed E-state index contributed by atoms with van der Waals surface area (Å²) in [6.45, 7) is 4.01. The highest BCUT2D eigenvalue weighted by atomic mass is 19.1. The summed E-state index contributed by atoms with van der Waals surface area (Å²) >= 11 is 0. The van der Waals surface area contributed by atoms with Crippen LogP contribution >= 0.6 is 0 Å². The predicted octanol–water partition coefficient (Wildman–Crippen LogP) is 3.51. The second kappa shape index (κ2) is 5.19. The third-order valence-corrected chi connectivity index (χ3v) is 5.08. The summed E-state index contributed by atoms with van der Waals surface area (Å²) in [4.78, 5) is 15.0. The molecule has 2 fully saturated rings. The molecule has 1 saturated carbocycles. The van der Waals surface area contributed by atoms with E-state index in [4.69, 9.17) is 0 Å². The predicted molar refractivity (Wildman–Crippen MR) is 76.9 cm³/mol. The maximum atomic E-state index is 13.1. The number of amides is 1. The van der Waals surface area contributed by atoms with Crippen molar-refractivity contribution < 1.29 is 9.18 Å². The number of piperidine rings is 1. The monoisotopic (exact) mass is 275 g/mol. The van der Waals surface area contributed by atoms with Crippen LogP contribution < -0.4 is 0 Å². The lowest BCUT2D eigenvalue weighted by atomic mass is 9.63. The number of carbonyl (C=O) groups is 1. The summed E-state index contributed by atoms with van der Waals surface area (Å²) in [6, 6.07) is 6.53. The molecule has 0 N–H and O–H groups in total. The fourth-order valence-electron chi connectivity index (χ4n) is 3.44. The van der Waals surface area contributed by atoms with Crippen molar-refractivity contribution in [2.75, 3.05) is 13.1 Å². The molecule has 2 nitrogen and oxygen atoms in total. The highest BCUT2D eigenvalue weighted by molar-refractivity contribution is 5.89. The molecule has 1 heterocycles. The van der Waals surface area contributed by atoms with E-state index in [-0.39, 0.29) is 17.1 Å². The zero-order chi connectivity index (χ0) is 14.2. The van der Waals surface area contributed by atoms with Gasteiger partial charge in [0, 0.05) is 13.1 Å². The van der Waals surface area contributed by atoms with Gasteiger partial charge in [0.15, 0.2) is 0 Å². The maximum Gasteiger partial charge on any atom is 0.233 e. The van der Waals surface area contributed by atoms with E-state index < -0.39 is 0 Å². The molecule has 0 spiro atoms. The Kier molecular flexibility index (Phi) is 3.53. The number of rotatable bonds is 2. The van der Waals surface area contributed by atoms with Crippen molar-refractivity contribution in [1.82, 2.24) is 4.90 Å². The van der Waals surface area contributed by atoms with Gasteiger partial charge in [-0.3, -0.25) is 4.79 Å². The largest absolute Gasteiger partial charge is 0.342 e. The van der Waals surface area contributed by atoms with Crippen LogP contribution in [0.25, 0.3) is 0 Å². The summed E-state index contributed by atoms with van der Waals surface area (Å²) in [5, 5.41) is 0. The van der Waals surface area contributed by atoms with Crippen molar-refractivity contribution in [3.63, 3.8) is 0 Å². The number of halogens is 1. The van der Waals surface area contributed by atoms with Crippen LogP contribution in [0.2, 0.25) is 0 Å². The van der Waals surface area contributed by atoms with Crippen LogP contribution in [0.4, 0.5) is 4.39 Å². The van der Waals surface area contributed by atoms with Crippen LogP contribution in [0.5, 0.6) is 0 Å². The lowest BCUT2D eigenvalue weighted by Gasteiger charge is -2.45. The molecule has 2 aliphatic rings. The topological polar surface area (TPSA) is 20.3 Å². The van der Waals surface area contributed by atoms with Gasteiger partial charge in [0.05, 0.1) is 5.41 Å².